The van der Waals surface area contributed by atoms with E-state index in [2.05, 4.69) is 19.2 Å². The molecular weight excluding hydrogens is 364 g/mol. The summed E-state index contributed by atoms with van der Waals surface area (Å²) in [6.45, 7) is 4.62. The second-order valence-electron chi connectivity index (χ2n) is 6.99. The molecule has 1 saturated heterocycles. The van der Waals surface area contributed by atoms with E-state index in [9.17, 15) is 9.59 Å². The van der Waals surface area contributed by atoms with Crippen molar-refractivity contribution in [2.75, 3.05) is 23.9 Å². The van der Waals surface area contributed by atoms with E-state index in [-0.39, 0.29) is 18.2 Å². The molecule has 0 saturated carbocycles. The highest BCUT2D eigenvalue weighted by Gasteiger charge is 2.35. The number of rotatable bonds is 5. The number of amides is 2. The molecule has 1 aliphatic heterocycles. The van der Waals surface area contributed by atoms with E-state index >= 15 is 0 Å². The molecule has 0 radical (unpaired) electrons. The first-order chi connectivity index (χ1) is 12.9. The fraction of sp³-hybridized carbons (Fsp3) is 0.333. The molecule has 2 amide bonds. The van der Waals surface area contributed by atoms with Gasteiger partial charge in [-0.05, 0) is 41.8 Å². The summed E-state index contributed by atoms with van der Waals surface area (Å²) in [5.41, 5.74) is 2.63. The lowest BCUT2D eigenvalue weighted by atomic mass is 10.0. The minimum Gasteiger partial charge on any atom is -0.495 e. The zero-order chi connectivity index (χ0) is 19.6. The largest absolute Gasteiger partial charge is 0.495 e. The predicted octanol–water partition coefficient (Wildman–Crippen LogP) is 4.46. The van der Waals surface area contributed by atoms with Gasteiger partial charge in [-0.1, -0.05) is 37.6 Å². The molecule has 0 spiro atoms. The van der Waals surface area contributed by atoms with Crippen LogP contribution in [0.1, 0.15) is 31.7 Å². The molecule has 2 aromatic rings. The summed E-state index contributed by atoms with van der Waals surface area (Å²) >= 11 is 6.10. The highest BCUT2D eigenvalue weighted by molar-refractivity contribution is 6.32. The normalized spacial score (nSPS) is 16.7. The van der Waals surface area contributed by atoms with Crippen LogP contribution in [-0.2, 0) is 9.59 Å². The van der Waals surface area contributed by atoms with Crippen molar-refractivity contribution < 1.29 is 14.3 Å². The number of benzene rings is 2. The van der Waals surface area contributed by atoms with Crippen molar-refractivity contribution in [3.63, 3.8) is 0 Å². The quantitative estimate of drug-likeness (QED) is 0.825. The van der Waals surface area contributed by atoms with Gasteiger partial charge in [-0.25, -0.2) is 0 Å². The summed E-state index contributed by atoms with van der Waals surface area (Å²) in [6.07, 6.45) is 0.196. The fourth-order valence-electron chi connectivity index (χ4n) is 3.16. The second kappa shape index (κ2) is 8.01. The van der Waals surface area contributed by atoms with Gasteiger partial charge < -0.3 is 15.0 Å². The third-order valence-electron chi connectivity index (χ3n) is 4.79. The Labute approximate surface area is 164 Å². The van der Waals surface area contributed by atoms with Gasteiger partial charge in [-0.2, -0.15) is 0 Å². The second-order valence-corrected chi connectivity index (χ2v) is 7.40. The molecule has 0 aliphatic carbocycles. The smallest absolute Gasteiger partial charge is 0.229 e. The maximum Gasteiger partial charge on any atom is 0.229 e. The van der Waals surface area contributed by atoms with Crippen LogP contribution in [0.15, 0.2) is 42.5 Å². The Bertz CT molecular complexity index is 849. The molecule has 142 valence electrons. The number of hydrogen-bond donors (Lipinski definition) is 1. The van der Waals surface area contributed by atoms with Gasteiger partial charge in [0.05, 0.1) is 18.1 Å². The van der Waals surface area contributed by atoms with Gasteiger partial charge in [-0.3, -0.25) is 9.59 Å². The maximum absolute atomic E-state index is 12.6. The summed E-state index contributed by atoms with van der Waals surface area (Å²) in [5.74, 6) is 0.346. The van der Waals surface area contributed by atoms with E-state index in [0.29, 0.717) is 28.9 Å². The Kier molecular flexibility index (Phi) is 5.71. The van der Waals surface area contributed by atoms with E-state index in [0.717, 1.165) is 5.69 Å². The van der Waals surface area contributed by atoms with Crippen molar-refractivity contribution in [3.8, 4) is 5.75 Å². The average Bonchev–Trinajstić information content (AvgIpc) is 3.04. The number of nitrogens with zero attached hydrogens (tertiary/aromatic N) is 1. The first kappa shape index (κ1) is 19.2. The Morgan fingerprint density at radius 2 is 1.93 bits per heavy atom. The van der Waals surface area contributed by atoms with Gasteiger partial charge in [0.15, 0.2) is 0 Å². The van der Waals surface area contributed by atoms with Crippen molar-refractivity contribution in [1.29, 1.82) is 0 Å². The highest BCUT2D eigenvalue weighted by atomic mass is 35.5. The number of nitrogens with one attached hydrogen (secondary N) is 1. The van der Waals surface area contributed by atoms with Crippen molar-refractivity contribution in [2.24, 2.45) is 5.92 Å². The first-order valence-electron chi connectivity index (χ1n) is 8.93. The van der Waals surface area contributed by atoms with E-state index < -0.39 is 5.92 Å². The number of hydrogen-bond acceptors (Lipinski definition) is 3. The number of methoxy groups -OCH3 is 1. The molecule has 0 aromatic heterocycles. The zero-order valence-corrected chi connectivity index (χ0v) is 16.4. The molecule has 1 atom stereocenters. The Balaban J connectivity index is 1.67. The number of halogens is 1. The average molecular weight is 387 g/mol. The van der Waals surface area contributed by atoms with Crippen LogP contribution in [0.25, 0.3) is 0 Å². The SMILES string of the molecule is COc1ccc(NC(=O)C2CC(=O)N(c3ccc(C(C)C)cc3)C2)cc1Cl. The lowest BCUT2D eigenvalue weighted by Gasteiger charge is -2.18. The minimum absolute atomic E-state index is 0.0415. The fourth-order valence-corrected chi connectivity index (χ4v) is 3.42. The summed E-state index contributed by atoms with van der Waals surface area (Å²) < 4.78 is 5.11. The topological polar surface area (TPSA) is 58.6 Å². The molecule has 1 unspecified atom stereocenters. The molecule has 1 aliphatic rings. The lowest BCUT2D eigenvalue weighted by molar-refractivity contribution is -0.122. The molecule has 6 heteroatoms. The van der Waals surface area contributed by atoms with Gasteiger partial charge >= 0.3 is 0 Å². The molecule has 1 N–H and O–H groups in total. The zero-order valence-electron chi connectivity index (χ0n) is 15.7. The predicted molar refractivity (Wildman–Crippen MR) is 108 cm³/mol. The summed E-state index contributed by atoms with van der Waals surface area (Å²) in [7, 11) is 1.53. The molecule has 1 fully saturated rings. The van der Waals surface area contributed by atoms with Crippen LogP contribution in [0, 0.1) is 5.92 Å². The van der Waals surface area contributed by atoms with Gasteiger partial charge in [0.2, 0.25) is 11.8 Å². The van der Waals surface area contributed by atoms with Crippen LogP contribution >= 0.6 is 11.6 Å². The van der Waals surface area contributed by atoms with E-state index in [1.165, 1.54) is 12.7 Å². The molecule has 2 aromatic carbocycles. The van der Waals surface area contributed by atoms with Crippen LogP contribution in [0.3, 0.4) is 0 Å². The molecule has 5 nitrogen and oxygen atoms in total. The van der Waals surface area contributed by atoms with E-state index in [4.69, 9.17) is 16.3 Å². The Hall–Kier alpha value is -2.53. The van der Waals surface area contributed by atoms with Crippen LogP contribution < -0.4 is 15.0 Å². The minimum atomic E-state index is -0.400. The number of carbonyl (C=O) groups excluding carboxylic acids is 2. The highest BCUT2D eigenvalue weighted by Crippen LogP contribution is 2.30. The number of carbonyl (C=O) groups is 2. The molecule has 27 heavy (non-hydrogen) atoms. The van der Waals surface area contributed by atoms with Crippen molar-refractivity contribution in [2.45, 2.75) is 26.2 Å². The van der Waals surface area contributed by atoms with Gasteiger partial charge in [-0.15, -0.1) is 0 Å². The van der Waals surface area contributed by atoms with Crippen molar-refractivity contribution in [1.82, 2.24) is 0 Å². The Morgan fingerprint density at radius 1 is 1.22 bits per heavy atom. The van der Waals surface area contributed by atoms with Crippen LogP contribution in [0.4, 0.5) is 11.4 Å². The third kappa shape index (κ3) is 4.25. The van der Waals surface area contributed by atoms with E-state index in [1.807, 2.05) is 24.3 Å². The summed E-state index contributed by atoms with van der Waals surface area (Å²) in [4.78, 5) is 26.7. The van der Waals surface area contributed by atoms with Gasteiger partial charge in [0, 0.05) is 24.3 Å². The maximum atomic E-state index is 12.6. The third-order valence-corrected chi connectivity index (χ3v) is 5.08. The monoisotopic (exact) mass is 386 g/mol. The summed E-state index contributed by atoms with van der Waals surface area (Å²) in [6, 6.07) is 13.0. The van der Waals surface area contributed by atoms with Crippen LogP contribution in [0.2, 0.25) is 5.02 Å². The molecule has 3 rings (SSSR count). The van der Waals surface area contributed by atoms with E-state index in [1.54, 1.807) is 23.1 Å². The standard InChI is InChI=1S/C21H23ClN2O3/c1-13(2)14-4-7-17(8-5-14)24-12-15(10-20(24)25)21(26)23-16-6-9-19(27-3)18(22)11-16/h4-9,11,13,15H,10,12H2,1-3H3,(H,23,26). The van der Waals surface area contributed by atoms with Gasteiger partial charge in [0.1, 0.15) is 5.75 Å². The number of ether oxygens (including phenoxy) is 1. The van der Waals surface area contributed by atoms with Crippen LogP contribution in [-0.4, -0.2) is 25.5 Å². The summed E-state index contributed by atoms with van der Waals surface area (Å²) in [5, 5.41) is 3.26. The van der Waals surface area contributed by atoms with Gasteiger partial charge in [0.25, 0.3) is 0 Å². The molecule has 0 bridgehead atoms. The van der Waals surface area contributed by atoms with Crippen LogP contribution in [0.5, 0.6) is 5.75 Å². The van der Waals surface area contributed by atoms with Crippen molar-refractivity contribution >= 4 is 34.8 Å². The lowest BCUT2D eigenvalue weighted by Crippen LogP contribution is -2.28. The van der Waals surface area contributed by atoms with Crippen molar-refractivity contribution in [3.05, 3.63) is 53.1 Å². The number of anilines is 2. The Morgan fingerprint density at radius 3 is 2.52 bits per heavy atom. The first-order valence-corrected chi connectivity index (χ1v) is 9.31. The molecule has 1 heterocycles. The molecular formula is C21H23ClN2O3.